The highest BCUT2D eigenvalue weighted by Gasteiger charge is 2.50. The van der Waals surface area contributed by atoms with Crippen LogP contribution in [0.4, 0.5) is 5.69 Å². The zero-order chi connectivity index (χ0) is 20.6. The fraction of sp³-hybridized carbons (Fsp3) is 0.182. The number of hydrogen-bond donors (Lipinski definition) is 1. The second-order valence-electron chi connectivity index (χ2n) is 6.82. The van der Waals surface area contributed by atoms with E-state index in [1.54, 1.807) is 48.6 Å². The lowest BCUT2D eigenvalue weighted by Crippen LogP contribution is -2.41. The summed E-state index contributed by atoms with van der Waals surface area (Å²) in [6.45, 7) is 4.08. The number of halogens is 1. The van der Waals surface area contributed by atoms with Crippen LogP contribution in [-0.4, -0.2) is 30.1 Å². The predicted molar refractivity (Wildman–Crippen MR) is 112 cm³/mol. The molecule has 0 saturated carbocycles. The third-order valence-corrected chi connectivity index (χ3v) is 5.39. The number of carbonyl (C=O) groups excluding carboxylic acids is 2. The van der Waals surface area contributed by atoms with Gasteiger partial charge in [0.25, 0.3) is 5.91 Å². The van der Waals surface area contributed by atoms with Crippen molar-refractivity contribution in [1.29, 1.82) is 0 Å². The van der Waals surface area contributed by atoms with Gasteiger partial charge in [0.15, 0.2) is 22.9 Å². The molecule has 1 N–H and O–H groups in total. The van der Waals surface area contributed by atoms with Gasteiger partial charge in [-0.1, -0.05) is 34.1 Å². The zero-order valence-corrected chi connectivity index (χ0v) is 17.0. The molecule has 0 saturated heterocycles. The molecular formula is C22H18BrNO5. The number of carbonyl (C=O) groups is 2. The largest absolute Gasteiger partial charge is 0.454 e. The maximum absolute atomic E-state index is 12.9. The Morgan fingerprint density at radius 1 is 1.24 bits per heavy atom. The number of allylic oxidation sites excluding steroid dienone is 1. The summed E-state index contributed by atoms with van der Waals surface area (Å²) in [5.74, 6) is 0.368. The summed E-state index contributed by atoms with van der Waals surface area (Å²) in [6.07, 6.45) is 4.20. The number of nitrogens with zero attached hydrogens (tertiary/aromatic N) is 1. The van der Waals surface area contributed by atoms with Crippen LogP contribution in [0.1, 0.15) is 17.5 Å². The highest BCUT2D eigenvalue weighted by atomic mass is 79.9. The lowest BCUT2D eigenvalue weighted by molar-refractivity contribution is -0.140. The van der Waals surface area contributed by atoms with Crippen LogP contribution in [0.25, 0.3) is 6.08 Å². The number of anilines is 1. The molecule has 4 rings (SSSR count). The van der Waals surface area contributed by atoms with E-state index in [2.05, 4.69) is 22.5 Å². The number of rotatable bonds is 6. The molecule has 2 aliphatic rings. The molecule has 148 valence electrons. The van der Waals surface area contributed by atoms with Crippen LogP contribution in [0.2, 0.25) is 0 Å². The maximum Gasteiger partial charge on any atom is 0.264 e. The summed E-state index contributed by atoms with van der Waals surface area (Å²) in [6, 6.07) is 10.5. The molecule has 1 atom stereocenters. The Morgan fingerprint density at radius 2 is 2.03 bits per heavy atom. The fourth-order valence-corrected chi connectivity index (χ4v) is 3.88. The van der Waals surface area contributed by atoms with E-state index in [0.29, 0.717) is 27.2 Å². The van der Waals surface area contributed by atoms with Crippen molar-refractivity contribution in [2.24, 2.45) is 0 Å². The molecule has 0 bridgehead atoms. The number of hydrogen-bond acceptors (Lipinski definition) is 5. The molecule has 6 nitrogen and oxygen atoms in total. The van der Waals surface area contributed by atoms with Gasteiger partial charge in [-0.25, -0.2) is 0 Å². The molecule has 0 radical (unpaired) electrons. The molecule has 2 aromatic carbocycles. The first kappa shape index (κ1) is 19.4. The van der Waals surface area contributed by atoms with Crippen LogP contribution >= 0.6 is 15.9 Å². The van der Waals surface area contributed by atoms with Crippen LogP contribution in [0, 0.1) is 0 Å². The third-order valence-electron chi connectivity index (χ3n) is 4.89. The number of fused-ring (bicyclic) bond motifs is 2. The zero-order valence-electron chi connectivity index (χ0n) is 15.4. The van der Waals surface area contributed by atoms with Crippen molar-refractivity contribution >= 4 is 39.4 Å². The van der Waals surface area contributed by atoms with Gasteiger partial charge in [0.2, 0.25) is 6.79 Å². The Bertz CT molecular complexity index is 1050. The molecule has 0 aromatic heterocycles. The van der Waals surface area contributed by atoms with Gasteiger partial charge >= 0.3 is 0 Å². The quantitative estimate of drug-likeness (QED) is 0.532. The minimum atomic E-state index is -1.92. The number of aliphatic hydroxyl groups is 1. The average Bonchev–Trinajstić information content (AvgIpc) is 3.24. The van der Waals surface area contributed by atoms with E-state index in [9.17, 15) is 14.7 Å². The molecule has 0 spiro atoms. The van der Waals surface area contributed by atoms with E-state index < -0.39 is 11.5 Å². The van der Waals surface area contributed by atoms with Gasteiger partial charge in [-0.3, -0.25) is 9.59 Å². The topological polar surface area (TPSA) is 76.1 Å². The first-order chi connectivity index (χ1) is 13.9. The predicted octanol–water partition coefficient (Wildman–Crippen LogP) is 3.57. The maximum atomic E-state index is 12.9. The Hall–Kier alpha value is -2.90. The smallest absolute Gasteiger partial charge is 0.264 e. The normalized spacial score (nSPS) is 19.7. The minimum Gasteiger partial charge on any atom is -0.454 e. The molecule has 0 fully saturated rings. The molecule has 7 heteroatoms. The average molecular weight is 456 g/mol. The van der Waals surface area contributed by atoms with E-state index in [-0.39, 0.29) is 25.5 Å². The van der Waals surface area contributed by atoms with Crippen LogP contribution in [0.5, 0.6) is 11.5 Å². The van der Waals surface area contributed by atoms with Crippen LogP contribution in [0.15, 0.2) is 59.6 Å². The monoisotopic (exact) mass is 455 g/mol. The van der Waals surface area contributed by atoms with Crippen molar-refractivity contribution in [3.05, 3.63) is 70.7 Å². The Labute approximate surface area is 176 Å². The van der Waals surface area contributed by atoms with E-state index in [1.165, 1.54) is 11.0 Å². The molecule has 1 amide bonds. The molecule has 0 aliphatic carbocycles. The van der Waals surface area contributed by atoms with Crippen molar-refractivity contribution in [2.45, 2.75) is 12.0 Å². The highest BCUT2D eigenvalue weighted by molar-refractivity contribution is 9.10. The van der Waals surface area contributed by atoms with E-state index >= 15 is 0 Å². The second-order valence-corrected chi connectivity index (χ2v) is 7.73. The summed E-state index contributed by atoms with van der Waals surface area (Å²) in [4.78, 5) is 27.0. The van der Waals surface area contributed by atoms with Gasteiger partial charge in [0.05, 0.1) is 12.1 Å². The molecule has 29 heavy (non-hydrogen) atoms. The van der Waals surface area contributed by atoms with Gasteiger partial charge in [0.1, 0.15) is 0 Å². The summed E-state index contributed by atoms with van der Waals surface area (Å²) >= 11 is 3.37. The number of ether oxygens (including phenoxy) is 2. The summed E-state index contributed by atoms with van der Waals surface area (Å²) in [7, 11) is 0. The van der Waals surface area contributed by atoms with Crippen LogP contribution in [0.3, 0.4) is 0 Å². The molecule has 2 heterocycles. The second kappa shape index (κ2) is 7.50. The van der Waals surface area contributed by atoms with Crippen molar-refractivity contribution < 1.29 is 24.2 Å². The molecule has 2 aliphatic heterocycles. The summed E-state index contributed by atoms with van der Waals surface area (Å²) in [5.41, 5.74) is -0.182. The van der Waals surface area contributed by atoms with Crippen LogP contribution in [-0.2, 0) is 15.2 Å². The number of amides is 1. The number of benzene rings is 2. The van der Waals surface area contributed by atoms with Crippen molar-refractivity contribution in [3.8, 4) is 11.5 Å². The van der Waals surface area contributed by atoms with Gasteiger partial charge in [-0.15, -0.1) is 6.58 Å². The minimum absolute atomic E-state index is 0.173. The van der Waals surface area contributed by atoms with E-state index in [4.69, 9.17) is 9.47 Å². The lowest BCUT2D eigenvalue weighted by atomic mass is 9.89. The van der Waals surface area contributed by atoms with Gasteiger partial charge in [-0.2, -0.15) is 0 Å². The van der Waals surface area contributed by atoms with E-state index in [1.807, 2.05) is 0 Å². The SMILES string of the molecule is C=CCN1C(=O)[C@](O)(CC(=O)/C=C/c2ccc3c(c2)OCO3)c2cc(Br)ccc21. The summed E-state index contributed by atoms with van der Waals surface area (Å²) in [5, 5.41) is 11.2. The van der Waals surface area contributed by atoms with Gasteiger partial charge in [-0.05, 0) is 42.0 Å². The number of ketones is 1. The summed E-state index contributed by atoms with van der Waals surface area (Å²) < 4.78 is 11.3. The van der Waals surface area contributed by atoms with E-state index in [0.717, 1.165) is 5.56 Å². The standard InChI is InChI=1S/C22H18BrNO5/c1-2-9-24-18-7-5-15(23)11-17(18)22(27,21(24)26)12-16(25)6-3-14-4-8-19-20(10-14)29-13-28-19/h2-8,10-11,27H,1,9,12-13H2/b6-3+/t22-/m0/s1. The van der Waals surface area contributed by atoms with Crippen molar-refractivity contribution in [2.75, 3.05) is 18.2 Å². The lowest BCUT2D eigenvalue weighted by Gasteiger charge is -2.21. The molecular weight excluding hydrogens is 438 g/mol. The first-order valence-corrected chi connectivity index (χ1v) is 9.77. The van der Waals surface area contributed by atoms with Crippen LogP contribution < -0.4 is 14.4 Å². The van der Waals surface area contributed by atoms with Gasteiger partial charge in [0, 0.05) is 16.6 Å². The molecule has 0 unspecified atom stereocenters. The Kier molecular flexibility index (Phi) is 5.02. The third kappa shape index (κ3) is 3.47. The van der Waals surface area contributed by atoms with Gasteiger partial charge < -0.3 is 19.5 Å². The molecule has 2 aromatic rings. The first-order valence-electron chi connectivity index (χ1n) is 8.98. The highest BCUT2D eigenvalue weighted by Crippen LogP contribution is 2.43. The van der Waals surface area contributed by atoms with Crippen molar-refractivity contribution in [3.63, 3.8) is 0 Å². The Balaban J connectivity index is 1.58. The fourth-order valence-electron chi connectivity index (χ4n) is 3.52. The van der Waals surface area contributed by atoms with Crippen molar-refractivity contribution in [1.82, 2.24) is 0 Å². The Morgan fingerprint density at radius 3 is 2.83 bits per heavy atom.